The fraction of sp³-hybridized carbons (Fsp3) is 0.417. The zero-order chi connectivity index (χ0) is 32.7. The van der Waals surface area contributed by atoms with Crippen molar-refractivity contribution >= 4 is 11.6 Å². The normalized spacial score (nSPS) is 19.5. The second kappa shape index (κ2) is 12.4. The second-order valence-corrected chi connectivity index (χ2v) is 13.1. The van der Waals surface area contributed by atoms with E-state index in [4.69, 9.17) is 9.26 Å². The number of nitrogens with zero attached hydrogens (tertiary/aromatic N) is 4. The number of carbonyl (C=O) groups is 1. The summed E-state index contributed by atoms with van der Waals surface area (Å²) in [5, 5.41) is 19.1. The van der Waals surface area contributed by atoms with Crippen LogP contribution in [0.3, 0.4) is 0 Å². The van der Waals surface area contributed by atoms with Gasteiger partial charge in [0.05, 0.1) is 11.9 Å². The Kier molecular flexibility index (Phi) is 8.17. The van der Waals surface area contributed by atoms with Crippen LogP contribution in [0.1, 0.15) is 81.7 Å². The number of carbonyl (C=O) groups excluding carboxylic acids is 1. The predicted octanol–water partition coefficient (Wildman–Crippen LogP) is 5.24. The van der Waals surface area contributed by atoms with Gasteiger partial charge in [0.25, 0.3) is 5.56 Å². The molecule has 2 aromatic carbocycles. The molecule has 5 aromatic rings. The molecular weight excluding hydrogens is 598 g/mol. The summed E-state index contributed by atoms with van der Waals surface area (Å²) in [4.78, 5) is 41.3. The highest BCUT2D eigenvalue weighted by atomic mass is 16.6. The number of benzene rings is 2. The molecule has 0 saturated heterocycles. The van der Waals surface area contributed by atoms with Crippen LogP contribution in [0.15, 0.2) is 74.9 Å². The average molecular weight is 638 g/mol. The monoisotopic (exact) mass is 637 g/mol. The largest absolute Gasteiger partial charge is 0.460 e. The number of hydrogen-bond acceptors (Lipinski definition) is 8. The number of aliphatic hydroxyl groups is 1. The molecule has 244 valence electrons. The Bertz CT molecular complexity index is 2020. The number of H-pyrrole nitrogens is 1. The van der Waals surface area contributed by atoms with Crippen LogP contribution in [-0.4, -0.2) is 47.1 Å². The third-order valence-electron chi connectivity index (χ3n) is 9.77. The van der Waals surface area contributed by atoms with E-state index in [1.54, 1.807) is 13.1 Å². The number of fused-ring (bicyclic) bond motifs is 1. The van der Waals surface area contributed by atoms with Gasteiger partial charge in [0.15, 0.2) is 11.4 Å². The standard InChI is InChI=1S/C36H39N5O6/c1-3-6-30-29(21-22-9-11-23(12-10-22)27-7-4-5-8-28(27)32-38-35(44)47-39-32)33(42)40(31-19-20-37-41(30)31)25-15-17-26(18-16-25)46-34(43)36(2,45)24-13-14-24/h4-5,7-12,19-20,24-26,45H,3,6,13-18,21H2,1-2H3,(H,38,39,44)/t25-,26-,36?. The lowest BCUT2D eigenvalue weighted by Gasteiger charge is -2.32. The first-order valence-electron chi connectivity index (χ1n) is 16.5. The van der Waals surface area contributed by atoms with E-state index in [-0.39, 0.29) is 23.6 Å². The van der Waals surface area contributed by atoms with Gasteiger partial charge in [-0.2, -0.15) is 5.10 Å². The average Bonchev–Trinajstić information content (AvgIpc) is 3.70. The summed E-state index contributed by atoms with van der Waals surface area (Å²) >= 11 is 0. The first-order chi connectivity index (χ1) is 22.7. The molecule has 2 fully saturated rings. The van der Waals surface area contributed by atoms with Crippen molar-refractivity contribution in [2.24, 2.45) is 5.92 Å². The molecule has 0 spiro atoms. The maximum absolute atomic E-state index is 14.4. The third kappa shape index (κ3) is 5.95. The molecule has 0 aliphatic heterocycles. The lowest BCUT2D eigenvalue weighted by Crippen LogP contribution is -2.42. The Morgan fingerprint density at radius 1 is 1.02 bits per heavy atom. The summed E-state index contributed by atoms with van der Waals surface area (Å²) in [5.41, 5.74) is 4.56. The Hall–Kier alpha value is -4.77. The van der Waals surface area contributed by atoms with Crippen molar-refractivity contribution < 1.29 is 19.2 Å². The molecule has 2 aliphatic rings. The zero-order valence-corrected chi connectivity index (χ0v) is 26.6. The highest BCUT2D eigenvalue weighted by molar-refractivity contribution is 5.80. The van der Waals surface area contributed by atoms with Crippen LogP contribution in [0.5, 0.6) is 0 Å². The van der Waals surface area contributed by atoms with Crippen LogP contribution >= 0.6 is 0 Å². The van der Waals surface area contributed by atoms with Gasteiger partial charge in [-0.25, -0.2) is 14.1 Å². The molecule has 0 amide bonds. The highest BCUT2D eigenvalue weighted by Gasteiger charge is 2.47. The van der Waals surface area contributed by atoms with Crippen molar-refractivity contribution in [3.05, 3.63) is 98.5 Å². The molecule has 2 saturated carbocycles. The maximum atomic E-state index is 14.4. The molecule has 7 rings (SSSR count). The number of aryl methyl sites for hydroxylation is 1. The SMILES string of the molecule is CCCc1c(Cc2ccc(-c3ccccc3-c3noc(=O)[nH]3)cc2)c(=O)n([C@H]2CC[C@H](OC(=O)C(C)(O)C3CC3)CC2)c2ccnn12. The summed E-state index contributed by atoms with van der Waals surface area (Å²) < 4.78 is 14.3. The fourth-order valence-corrected chi connectivity index (χ4v) is 7.01. The number of hydrogen-bond donors (Lipinski definition) is 2. The van der Waals surface area contributed by atoms with E-state index in [0.717, 1.165) is 58.4 Å². The molecule has 11 nitrogen and oxygen atoms in total. The minimum absolute atomic E-state index is 0.0111. The summed E-state index contributed by atoms with van der Waals surface area (Å²) in [6.45, 7) is 3.66. The van der Waals surface area contributed by atoms with Crippen molar-refractivity contribution in [3.8, 4) is 22.5 Å². The van der Waals surface area contributed by atoms with Crippen LogP contribution < -0.4 is 11.3 Å². The smallest absolute Gasteiger partial charge is 0.439 e. The molecule has 0 radical (unpaired) electrons. The lowest BCUT2D eigenvalue weighted by molar-refractivity contribution is -0.173. The van der Waals surface area contributed by atoms with E-state index in [9.17, 15) is 19.5 Å². The Balaban J connectivity index is 1.15. The summed E-state index contributed by atoms with van der Waals surface area (Å²) in [6.07, 6.45) is 7.82. The zero-order valence-electron chi connectivity index (χ0n) is 26.6. The summed E-state index contributed by atoms with van der Waals surface area (Å²) in [5.74, 6) is -0.794. The molecular formula is C36H39N5O6. The maximum Gasteiger partial charge on any atom is 0.439 e. The van der Waals surface area contributed by atoms with Gasteiger partial charge in [-0.15, -0.1) is 0 Å². The van der Waals surface area contributed by atoms with E-state index in [0.29, 0.717) is 44.3 Å². The van der Waals surface area contributed by atoms with Crippen LogP contribution in [0.4, 0.5) is 0 Å². The van der Waals surface area contributed by atoms with E-state index in [2.05, 4.69) is 22.2 Å². The molecule has 2 N–H and O–H groups in total. The first-order valence-corrected chi connectivity index (χ1v) is 16.5. The quantitative estimate of drug-likeness (QED) is 0.198. The third-order valence-corrected chi connectivity index (χ3v) is 9.77. The van der Waals surface area contributed by atoms with Crippen molar-refractivity contribution in [2.75, 3.05) is 0 Å². The van der Waals surface area contributed by atoms with Gasteiger partial charge in [0, 0.05) is 29.7 Å². The summed E-state index contributed by atoms with van der Waals surface area (Å²) in [6, 6.07) is 17.6. The van der Waals surface area contributed by atoms with Crippen LogP contribution in [0.2, 0.25) is 0 Å². The van der Waals surface area contributed by atoms with E-state index >= 15 is 0 Å². The number of aromatic amines is 1. The minimum atomic E-state index is -1.43. The van der Waals surface area contributed by atoms with Gasteiger partial charge >= 0.3 is 11.7 Å². The lowest BCUT2D eigenvalue weighted by atomic mass is 9.91. The Labute approximate surface area is 271 Å². The van der Waals surface area contributed by atoms with E-state index in [1.807, 2.05) is 63.7 Å². The summed E-state index contributed by atoms with van der Waals surface area (Å²) in [7, 11) is 0. The molecule has 3 aromatic heterocycles. The van der Waals surface area contributed by atoms with E-state index < -0.39 is 17.3 Å². The van der Waals surface area contributed by atoms with Crippen LogP contribution in [0, 0.1) is 5.92 Å². The molecule has 11 heteroatoms. The van der Waals surface area contributed by atoms with Crippen molar-refractivity contribution in [2.45, 2.75) is 89.4 Å². The number of rotatable bonds is 10. The van der Waals surface area contributed by atoms with Crippen molar-refractivity contribution in [1.29, 1.82) is 0 Å². The molecule has 0 bridgehead atoms. The van der Waals surface area contributed by atoms with Crippen molar-refractivity contribution in [3.63, 3.8) is 0 Å². The molecule has 47 heavy (non-hydrogen) atoms. The van der Waals surface area contributed by atoms with Gasteiger partial charge in [-0.1, -0.05) is 67.0 Å². The van der Waals surface area contributed by atoms with E-state index in [1.165, 1.54) is 0 Å². The van der Waals surface area contributed by atoms with Gasteiger partial charge < -0.3 is 9.84 Å². The fourth-order valence-electron chi connectivity index (χ4n) is 7.01. The van der Waals surface area contributed by atoms with Gasteiger partial charge in [-0.3, -0.25) is 18.9 Å². The second-order valence-electron chi connectivity index (χ2n) is 13.1. The van der Waals surface area contributed by atoms with Crippen LogP contribution in [0.25, 0.3) is 28.2 Å². The van der Waals surface area contributed by atoms with Crippen molar-refractivity contribution in [1.82, 2.24) is 24.3 Å². The van der Waals surface area contributed by atoms with Gasteiger partial charge in [0.2, 0.25) is 0 Å². The van der Waals surface area contributed by atoms with Gasteiger partial charge in [-0.05, 0) is 74.5 Å². The molecule has 1 unspecified atom stereocenters. The minimum Gasteiger partial charge on any atom is -0.460 e. The highest BCUT2D eigenvalue weighted by Crippen LogP contribution is 2.41. The predicted molar refractivity (Wildman–Crippen MR) is 175 cm³/mol. The first kappa shape index (κ1) is 30.9. The number of esters is 1. The Morgan fingerprint density at radius 2 is 1.74 bits per heavy atom. The molecule has 3 heterocycles. The number of ether oxygens (including phenoxy) is 1. The molecule has 2 aliphatic carbocycles. The molecule has 1 atom stereocenters. The number of nitrogens with one attached hydrogen (secondary N) is 1. The topological polar surface area (TPSA) is 145 Å². The number of aromatic nitrogens is 5. The van der Waals surface area contributed by atoms with Crippen LogP contribution in [-0.2, 0) is 22.4 Å². The Morgan fingerprint density at radius 3 is 2.40 bits per heavy atom. The van der Waals surface area contributed by atoms with Gasteiger partial charge in [0.1, 0.15) is 11.8 Å².